The van der Waals surface area contributed by atoms with E-state index < -0.39 is 18.3 Å². The highest BCUT2D eigenvalue weighted by atomic mass is 127. The zero-order valence-electron chi connectivity index (χ0n) is 8.36. The van der Waals surface area contributed by atoms with Gasteiger partial charge in [0.2, 0.25) is 0 Å². The van der Waals surface area contributed by atoms with E-state index in [1.54, 1.807) is 0 Å². The van der Waals surface area contributed by atoms with Crippen LogP contribution in [0.1, 0.15) is 32.6 Å². The largest absolute Gasteiger partial charge is 0.465 e. The van der Waals surface area contributed by atoms with E-state index in [0.717, 1.165) is 20.0 Å². The minimum absolute atomic E-state index is 0.179. The highest BCUT2D eigenvalue weighted by Gasteiger charge is 2.41. The zero-order chi connectivity index (χ0) is 11.2. The smallest absolute Gasteiger partial charge is 0.376 e. The number of esters is 1. The van der Waals surface area contributed by atoms with Crippen molar-refractivity contribution in [1.29, 1.82) is 0 Å². The number of methoxy groups -OCH3 is 1. The van der Waals surface area contributed by atoms with E-state index in [4.69, 9.17) is 0 Å². The Bertz CT molecular complexity index is 186. The Morgan fingerprint density at radius 3 is 2.57 bits per heavy atom. The van der Waals surface area contributed by atoms with Gasteiger partial charge in [0.15, 0.2) is 0 Å². The molecule has 5 heteroatoms. The number of carbonyl (C=O) groups is 1. The maximum absolute atomic E-state index is 13.0. The van der Waals surface area contributed by atoms with E-state index in [1.807, 2.05) is 29.5 Å². The van der Waals surface area contributed by atoms with Crippen LogP contribution in [0.15, 0.2) is 0 Å². The molecule has 0 fully saturated rings. The number of unbranched alkanes of at least 4 members (excludes halogenated alkanes) is 1. The second kappa shape index (κ2) is 6.53. The molecule has 0 aromatic rings. The van der Waals surface area contributed by atoms with Gasteiger partial charge in [-0.2, -0.15) is 8.78 Å². The Balaban J connectivity index is 4.01. The van der Waals surface area contributed by atoms with Gasteiger partial charge in [0.1, 0.15) is 0 Å². The molecule has 0 saturated heterocycles. The van der Waals surface area contributed by atoms with Crippen LogP contribution in [0, 0.1) is 0 Å². The van der Waals surface area contributed by atoms with Crippen molar-refractivity contribution in [2.24, 2.45) is 0 Å². The average Bonchev–Trinajstić information content (AvgIpc) is 2.12. The number of carbonyl (C=O) groups excluding carboxylic acids is 1. The predicted octanol–water partition coefficient (Wildman–Crippen LogP) is 3.18. The minimum Gasteiger partial charge on any atom is -0.465 e. The van der Waals surface area contributed by atoms with Gasteiger partial charge in [-0.1, -0.05) is 42.4 Å². The van der Waals surface area contributed by atoms with Gasteiger partial charge in [0, 0.05) is 10.3 Å². The molecule has 84 valence electrons. The van der Waals surface area contributed by atoms with Crippen molar-refractivity contribution in [1.82, 2.24) is 0 Å². The molecule has 0 rings (SSSR count). The summed E-state index contributed by atoms with van der Waals surface area (Å²) >= 11 is 1.95. The van der Waals surface area contributed by atoms with E-state index in [-0.39, 0.29) is 3.92 Å². The third kappa shape index (κ3) is 5.07. The van der Waals surface area contributed by atoms with Crippen LogP contribution in [0.3, 0.4) is 0 Å². The third-order valence-corrected chi connectivity index (χ3v) is 2.90. The van der Waals surface area contributed by atoms with E-state index >= 15 is 0 Å². The fraction of sp³-hybridized carbons (Fsp3) is 0.889. The van der Waals surface area contributed by atoms with Crippen LogP contribution in [0.5, 0.6) is 0 Å². The SMILES string of the molecule is CCCCC(I)CC(F)(F)C(=O)OC. The first kappa shape index (κ1) is 14.1. The van der Waals surface area contributed by atoms with Crippen molar-refractivity contribution in [3.63, 3.8) is 0 Å². The summed E-state index contributed by atoms with van der Waals surface area (Å²) in [7, 11) is 0.977. The summed E-state index contributed by atoms with van der Waals surface area (Å²) in [5, 5.41) is 0. The van der Waals surface area contributed by atoms with Gasteiger partial charge in [-0.25, -0.2) is 4.79 Å². The number of halogens is 3. The molecule has 2 nitrogen and oxygen atoms in total. The molecule has 0 heterocycles. The minimum atomic E-state index is -3.34. The van der Waals surface area contributed by atoms with Crippen LogP contribution in [-0.4, -0.2) is 22.9 Å². The molecular formula is C9H15F2IO2. The van der Waals surface area contributed by atoms with E-state index in [9.17, 15) is 13.6 Å². The maximum atomic E-state index is 13.0. The van der Waals surface area contributed by atoms with E-state index in [2.05, 4.69) is 4.74 Å². The van der Waals surface area contributed by atoms with Gasteiger partial charge in [-0.3, -0.25) is 0 Å². The van der Waals surface area contributed by atoms with Crippen LogP contribution >= 0.6 is 22.6 Å². The maximum Gasteiger partial charge on any atom is 0.376 e. The molecular weight excluding hydrogens is 305 g/mol. The molecule has 0 aliphatic heterocycles. The quantitative estimate of drug-likeness (QED) is 0.427. The van der Waals surface area contributed by atoms with E-state index in [0.29, 0.717) is 6.42 Å². The first-order valence-electron chi connectivity index (χ1n) is 4.54. The number of hydrogen-bond acceptors (Lipinski definition) is 2. The van der Waals surface area contributed by atoms with Gasteiger partial charge in [0.25, 0.3) is 0 Å². The Morgan fingerprint density at radius 2 is 2.14 bits per heavy atom. The van der Waals surface area contributed by atoms with Crippen molar-refractivity contribution in [3.8, 4) is 0 Å². The van der Waals surface area contributed by atoms with Gasteiger partial charge in [-0.05, 0) is 6.42 Å². The van der Waals surface area contributed by atoms with Crippen LogP contribution in [0.2, 0.25) is 0 Å². The first-order chi connectivity index (χ1) is 6.44. The zero-order valence-corrected chi connectivity index (χ0v) is 10.5. The highest BCUT2D eigenvalue weighted by Crippen LogP contribution is 2.28. The fourth-order valence-corrected chi connectivity index (χ4v) is 2.03. The fourth-order valence-electron chi connectivity index (χ4n) is 1.04. The first-order valence-corrected chi connectivity index (χ1v) is 5.79. The topological polar surface area (TPSA) is 26.3 Å². The standard InChI is InChI=1S/C9H15F2IO2/c1-3-4-5-7(12)6-9(10,11)8(13)14-2/h7H,3-6H2,1-2H3. The molecule has 1 atom stereocenters. The van der Waals surface area contributed by atoms with Crippen molar-refractivity contribution < 1.29 is 18.3 Å². The predicted molar refractivity (Wildman–Crippen MR) is 58.9 cm³/mol. The van der Waals surface area contributed by atoms with Crippen LogP contribution in [0.25, 0.3) is 0 Å². The third-order valence-electron chi connectivity index (χ3n) is 1.83. The lowest BCUT2D eigenvalue weighted by Gasteiger charge is -2.16. The Morgan fingerprint density at radius 1 is 1.57 bits per heavy atom. The van der Waals surface area contributed by atoms with Crippen molar-refractivity contribution in [2.45, 2.75) is 42.5 Å². The summed E-state index contributed by atoms with van der Waals surface area (Å²) in [6, 6.07) is 0. The molecule has 0 amide bonds. The Hall–Kier alpha value is 0.0600. The van der Waals surface area contributed by atoms with Crippen molar-refractivity contribution >= 4 is 28.6 Å². The summed E-state index contributed by atoms with van der Waals surface area (Å²) < 4.78 is 29.9. The lowest BCUT2D eigenvalue weighted by Crippen LogP contribution is -2.32. The summed E-state index contributed by atoms with van der Waals surface area (Å²) in [4.78, 5) is 10.7. The summed E-state index contributed by atoms with van der Waals surface area (Å²) in [5.74, 6) is -4.77. The Labute approximate surface area is 96.5 Å². The van der Waals surface area contributed by atoms with Crippen molar-refractivity contribution in [3.05, 3.63) is 0 Å². The lowest BCUT2D eigenvalue weighted by molar-refractivity contribution is -0.169. The van der Waals surface area contributed by atoms with Gasteiger partial charge in [-0.15, -0.1) is 0 Å². The van der Waals surface area contributed by atoms with Gasteiger partial charge in [0.05, 0.1) is 7.11 Å². The van der Waals surface area contributed by atoms with Gasteiger partial charge >= 0.3 is 11.9 Å². The molecule has 0 bridgehead atoms. The van der Waals surface area contributed by atoms with Crippen LogP contribution < -0.4 is 0 Å². The van der Waals surface area contributed by atoms with Gasteiger partial charge < -0.3 is 4.74 Å². The molecule has 14 heavy (non-hydrogen) atoms. The normalized spacial score (nSPS) is 13.8. The average molecular weight is 320 g/mol. The molecule has 0 aliphatic carbocycles. The van der Waals surface area contributed by atoms with Crippen LogP contribution in [-0.2, 0) is 9.53 Å². The highest BCUT2D eigenvalue weighted by molar-refractivity contribution is 14.1. The number of rotatable bonds is 6. The molecule has 0 aromatic heterocycles. The van der Waals surface area contributed by atoms with E-state index in [1.165, 1.54) is 0 Å². The molecule has 0 saturated carbocycles. The second-order valence-corrected chi connectivity index (χ2v) is 4.90. The second-order valence-electron chi connectivity index (χ2n) is 3.14. The number of hydrogen-bond donors (Lipinski definition) is 0. The molecule has 0 aromatic carbocycles. The summed E-state index contributed by atoms with van der Waals surface area (Å²) in [5.41, 5.74) is 0. The summed E-state index contributed by atoms with van der Waals surface area (Å²) in [6.07, 6.45) is 2.16. The molecule has 0 aliphatic rings. The van der Waals surface area contributed by atoms with Crippen molar-refractivity contribution in [2.75, 3.05) is 7.11 Å². The number of alkyl halides is 3. The Kier molecular flexibility index (Phi) is 6.55. The lowest BCUT2D eigenvalue weighted by atomic mass is 10.1. The molecule has 1 unspecified atom stereocenters. The number of ether oxygens (including phenoxy) is 1. The molecule has 0 N–H and O–H groups in total. The molecule has 0 radical (unpaired) electrons. The monoisotopic (exact) mass is 320 g/mol. The summed E-state index contributed by atoms with van der Waals surface area (Å²) in [6.45, 7) is 2.00. The van der Waals surface area contributed by atoms with Crippen LogP contribution in [0.4, 0.5) is 8.78 Å². The molecule has 0 spiro atoms.